The standard InChI is InChI=1S/C25H33N3O7/c1-33-21-16-18(17-22(34-2)24(21)35-3)8-9-23(31)27-20-7-5-4-6-19(20)25(32)26-10-11-28(12-14-29)13-15-30/h4-9,16-17,29-30H,10-15H2,1-3H3,(H,26,32)(H,27,31). The molecule has 0 fully saturated rings. The molecular formula is C25H33N3O7. The highest BCUT2D eigenvalue weighted by atomic mass is 16.5. The van der Waals surface area contributed by atoms with E-state index in [0.717, 1.165) is 0 Å². The van der Waals surface area contributed by atoms with Crippen LogP contribution < -0.4 is 24.8 Å². The first-order valence-electron chi connectivity index (χ1n) is 11.1. The van der Waals surface area contributed by atoms with Gasteiger partial charge in [-0.3, -0.25) is 14.5 Å². The largest absolute Gasteiger partial charge is 0.493 e. The molecule has 0 bridgehead atoms. The highest BCUT2D eigenvalue weighted by Gasteiger charge is 2.14. The molecule has 0 unspecified atom stereocenters. The third-order valence-electron chi connectivity index (χ3n) is 5.09. The van der Waals surface area contributed by atoms with Gasteiger partial charge in [-0.15, -0.1) is 0 Å². The number of benzene rings is 2. The van der Waals surface area contributed by atoms with Crippen LogP contribution >= 0.6 is 0 Å². The predicted octanol–water partition coefficient (Wildman–Crippen LogP) is 1.38. The van der Waals surface area contributed by atoms with E-state index < -0.39 is 5.91 Å². The molecule has 0 saturated heterocycles. The van der Waals surface area contributed by atoms with E-state index in [1.165, 1.54) is 27.4 Å². The van der Waals surface area contributed by atoms with E-state index in [9.17, 15) is 9.59 Å². The lowest BCUT2D eigenvalue weighted by molar-refractivity contribution is -0.111. The molecule has 2 aromatic carbocycles. The SMILES string of the molecule is COc1cc(C=CC(=O)Nc2ccccc2C(=O)NCCN(CCO)CCO)cc(OC)c1OC. The van der Waals surface area contributed by atoms with Gasteiger partial charge in [0.15, 0.2) is 11.5 Å². The number of ether oxygens (including phenoxy) is 3. The van der Waals surface area contributed by atoms with E-state index in [-0.39, 0.29) is 19.1 Å². The van der Waals surface area contributed by atoms with E-state index in [0.29, 0.717) is 60.2 Å². The Hall–Kier alpha value is -3.60. The third-order valence-corrected chi connectivity index (χ3v) is 5.09. The van der Waals surface area contributed by atoms with Gasteiger partial charge in [0.25, 0.3) is 5.91 Å². The number of hydrogen-bond acceptors (Lipinski definition) is 8. The number of nitrogens with one attached hydrogen (secondary N) is 2. The summed E-state index contributed by atoms with van der Waals surface area (Å²) in [5, 5.41) is 23.7. The first kappa shape index (κ1) is 27.6. The highest BCUT2D eigenvalue weighted by molar-refractivity contribution is 6.07. The molecule has 0 aliphatic heterocycles. The van der Waals surface area contributed by atoms with Crippen molar-refractivity contribution in [2.24, 2.45) is 0 Å². The first-order valence-corrected chi connectivity index (χ1v) is 11.1. The second-order valence-corrected chi connectivity index (χ2v) is 7.37. The van der Waals surface area contributed by atoms with Gasteiger partial charge >= 0.3 is 0 Å². The number of carbonyl (C=O) groups is 2. The smallest absolute Gasteiger partial charge is 0.253 e. The second kappa shape index (κ2) is 14.6. The Balaban J connectivity index is 2.06. The summed E-state index contributed by atoms with van der Waals surface area (Å²) in [7, 11) is 4.53. The van der Waals surface area contributed by atoms with E-state index >= 15 is 0 Å². The van der Waals surface area contributed by atoms with Crippen molar-refractivity contribution in [3.63, 3.8) is 0 Å². The summed E-state index contributed by atoms with van der Waals surface area (Å²) >= 11 is 0. The number of methoxy groups -OCH3 is 3. The molecular weight excluding hydrogens is 454 g/mol. The van der Waals surface area contributed by atoms with Gasteiger partial charge in [0.05, 0.1) is 45.8 Å². The van der Waals surface area contributed by atoms with E-state index in [1.54, 1.807) is 42.5 Å². The zero-order valence-corrected chi connectivity index (χ0v) is 20.2. The van der Waals surface area contributed by atoms with E-state index in [4.69, 9.17) is 24.4 Å². The number of para-hydroxylation sites is 1. The lowest BCUT2D eigenvalue weighted by Crippen LogP contribution is -2.38. The third kappa shape index (κ3) is 8.29. The average molecular weight is 488 g/mol. The van der Waals surface area contributed by atoms with Crippen LogP contribution in [0.5, 0.6) is 17.2 Å². The molecule has 0 radical (unpaired) electrons. The molecule has 35 heavy (non-hydrogen) atoms. The Bertz CT molecular complexity index is 979. The number of hydrogen-bond donors (Lipinski definition) is 4. The minimum Gasteiger partial charge on any atom is -0.493 e. The fraction of sp³-hybridized carbons (Fsp3) is 0.360. The molecule has 10 heteroatoms. The minimum absolute atomic E-state index is 0.0353. The van der Waals surface area contributed by atoms with Gasteiger partial charge < -0.3 is 35.1 Å². The van der Waals surface area contributed by atoms with Gasteiger partial charge in [-0.2, -0.15) is 0 Å². The summed E-state index contributed by atoms with van der Waals surface area (Å²) < 4.78 is 16.0. The Morgan fingerprint density at radius 3 is 2.14 bits per heavy atom. The zero-order chi connectivity index (χ0) is 25.6. The quantitative estimate of drug-likeness (QED) is 0.294. The summed E-state index contributed by atoms with van der Waals surface area (Å²) in [5.74, 6) is 0.613. The van der Waals surface area contributed by atoms with Gasteiger partial charge in [0.2, 0.25) is 11.7 Å². The van der Waals surface area contributed by atoms with Crippen LogP contribution in [0.3, 0.4) is 0 Å². The Labute approximate surface area is 205 Å². The van der Waals surface area contributed by atoms with Crippen molar-refractivity contribution in [2.45, 2.75) is 0 Å². The maximum atomic E-state index is 12.7. The van der Waals surface area contributed by atoms with Crippen molar-refractivity contribution < 1.29 is 34.0 Å². The average Bonchev–Trinajstić information content (AvgIpc) is 2.87. The Morgan fingerprint density at radius 2 is 1.57 bits per heavy atom. The summed E-state index contributed by atoms with van der Waals surface area (Å²) in [6, 6.07) is 10.1. The zero-order valence-electron chi connectivity index (χ0n) is 20.2. The summed E-state index contributed by atoms with van der Waals surface area (Å²) in [5.41, 5.74) is 1.35. The number of aliphatic hydroxyl groups excluding tert-OH is 2. The second-order valence-electron chi connectivity index (χ2n) is 7.37. The topological polar surface area (TPSA) is 130 Å². The van der Waals surface area contributed by atoms with Gasteiger partial charge in [-0.05, 0) is 35.9 Å². The highest BCUT2D eigenvalue weighted by Crippen LogP contribution is 2.38. The van der Waals surface area contributed by atoms with Crippen LogP contribution in [0.2, 0.25) is 0 Å². The molecule has 0 aliphatic rings. The number of aliphatic hydroxyl groups is 2. The molecule has 2 aromatic rings. The molecule has 2 rings (SSSR count). The molecule has 0 atom stereocenters. The van der Waals surface area contributed by atoms with Crippen molar-refractivity contribution in [1.29, 1.82) is 0 Å². The number of amides is 2. The van der Waals surface area contributed by atoms with Crippen molar-refractivity contribution >= 4 is 23.6 Å². The van der Waals surface area contributed by atoms with Gasteiger partial charge in [-0.1, -0.05) is 12.1 Å². The van der Waals surface area contributed by atoms with Crippen molar-refractivity contribution in [3.05, 3.63) is 53.6 Å². The molecule has 0 spiro atoms. The van der Waals surface area contributed by atoms with Gasteiger partial charge in [0, 0.05) is 32.3 Å². The molecule has 0 aromatic heterocycles. The number of nitrogens with zero attached hydrogens (tertiary/aromatic N) is 1. The van der Waals surface area contributed by atoms with Crippen molar-refractivity contribution in [1.82, 2.24) is 10.2 Å². The van der Waals surface area contributed by atoms with Crippen LogP contribution in [0.1, 0.15) is 15.9 Å². The minimum atomic E-state index is -0.420. The van der Waals surface area contributed by atoms with Crippen LogP contribution in [-0.4, -0.2) is 87.6 Å². The molecule has 190 valence electrons. The van der Waals surface area contributed by atoms with Crippen LogP contribution in [0.25, 0.3) is 6.08 Å². The predicted molar refractivity (Wildman–Crippen MR) is 133 cm³/mol. The molecule has 4 N–H and O–H groups in total. The molecule has 10 nitrogen and oxygen atoms in total. The maximum absolute atomic E-state index is 12.7. The van der Waals surface area contributed by atoms with E-state index in [2.05, 4.69) is 10.6 Å². The summed E-state index contributed by atoms with van der Waals surface area (Å²) in [4.78, 5) is 27.1. The number of anilines is 1. The lowest BCUT2D eigenvalue weighted by Gasteiger charge is -2.20. The Kier molecular flexibility index (Phi) is 11.5. The molecule has 0 heterocycles. The van der Waals surface area contributed by atoms with Crippen molar-refractivity contribution in [3.8, 4) is 17.2 Å². The molecule has 0 saturated carbocycles. The maximum Gasteiger partial charge on any atom is 0.253 e. The van der Waals surface area contributed by atoms with Crippen LogP contribution in [0.15, 0.2) is 42.5 Å². The first-order chi connectivity index (χ1) is 17.0. The normalized spacial score (nSPS) is 10.9. The Morgan fingerprint density at radius 1 is 0.943 bits per heavy atom. The summed E-state index contributed by atoms with van der Waals surface area (Å²) in [6.45, 7) is 1.53. The monoisotopic (exact) mass is 487 g/mol. The van der Waals surface area contributed by atoms with Gasteiger partial charge in [-0.25, -0.2) is 0 Å². The fourth-order valence-electron chi connectivity index (χ4n) is 3.38. The lowest BCUT2D eigenvalue weighted by atomic mass is 10.1. The fourth-order valence-corrected chi connectivity index (χ4v) is 3.38. The van der Waals surface area contributed by atoms with Crippen LogP contribution in [-0.2, 0) is 4.79 Å². The van der Waals surface area contributed by atoms with Crippen LogP contribution in [0.4, 0.5) is 5.69 Å². The van der Waals surface area contributed by atoms with Gasteiger partial charge in [0.1, 0.15) is 0 Å². The number of carbonyl (C=O) groups excluding carboxylic acids is 2. The molecule has 2 amide bonds. The summed E-state index contributed by atoms with van der Waals surface area (Å²) in [6.07, 6.45) is 2.94. The van der Waals surface area contributed by atoms with Crippen molar-refractivity contribution in [2.75, 3.05) is 66.0 Å². The van der Waals surface area contributed by atoms with E-state index in [1.807, 2.05) is 4.90 Å². The number of rotatable bonds is 14. The van der Waals surface area contributed by atoms with Crippen LogP contribution in [0, 0.1) is 0 Å². The molecule has 0 aliphatic carbocycles.